The van der Waals surface area contributed by atoms with Crippen molar-refractivity contribution in [1.29, 1.82) is 0 Å². The fourth-order valence-corrected chi connectivity index (χ4v) is 2.21. The Kier molecular flexibility index (Phi) is 5.13. The van der Waals surface area contributed by atoms with E-state index >= 15 is 0 Å². The van der Waals surface area contributed by atoms with Gasteiger partial charge in [0.25, 0.3) is 0 Å². The highest BCUT2D eigenvalue weighted by Gasteiger charge is 2.20. The first-order chi connectivity index (χ1) is 8.75. The predicted octanol–water partition coefficient (Wildman–Crippen LogP) is 0.250. The Bertz CT molecular complexity index is 339. The maximum atomic E-state index is 10.1. The van der Waals surface area contributed by atoms with Crippen molar-refractivity contribution in [3.8, 4) is 0 Å². The summed E-state index contributed by atoms with van der Waals surface area (Å²) in [4.78, 5) is 2.21. The summed E-state index contributed by atoms with van der Waals surface area (Å²) in [6.07, 6.45) is 0.232. The zero-order chi connectivity index (χ0) is 12.8. The lowest BCUT2D eigenvalue weighted by Gasteiger charge is -2.30. The molecule has 1 aliphatic rings. The van der Waals surface area contributed by atoms with Gasteiger partial charge >= 0.3 is 0 Å². The van der Waals surface area contributed by atoms with Gasteiger partial charge in [-0.25, -0.2) is 0 Å². The van der Waals surface area contributed by atoms with E-state index in [2.05, 4.69) is 4.90 Å². The first kappa shape index (κ1) is 13.5. The summed E-state index contributed by atoms with van der Waals surface area (Å²) in [7, 11) is 0. The lowest BCUT2D eigenvalue weighted by Crippen LogP contribution is -2.47. The van der Waals surface area contributed by atoms with Crippen molar-refractivity contribution in [1.82, 2.24) is 4.90 Å². The molecule has 0 amide bonds. The molecule has 0 spiro atoms. The summed E-state index contributed by atoms with van der Waals surface area (Å²) in [5.41, 5.74) is 7.23. The molecule has 18 heavy (non-hydrogen) atoms. The highest BCUT2D eigenvalue weighted by atomic mass is 16.5. The standard InChI is InChI=1S/C14H22N2O2/c15-13(10-12-4-2-1-3-5-12)14(17)11-16-6-8-18-9-7-16/h1-5,13-14,17H,6-11,15H2/t13-,14+/m1/s1. The maximum absolute atomic E-state index is 10.1. The van der Waals surface area contributed by atoms with Crippen LogP contribution in [0.25, 0.3) is 0 Å². The summed E-state index contributed by atoms with van der Waals surface area (Å²) in [5.74, 6) is 0. The molecule has 0 radical (unpaired) electrons. The highest BCUT2D eigenvalue weighted by Crippen LogP contribution is 2.07. The zero-order valence-corrected chi connectivity index (χ0v) is 10.7. The number of rotatable bonds is 5. The van der Waals surface area contributed by atoms with Gasteiger partial charge < -0.3 is 15.6 Å². The number of hydrogen-bond donors (Lipinski definition) is 2. The Morgan fingerprint density at radius 3 is 2.56 bits per heavy atom. The average Bonchev–Trinajstić information content (AvgIpc) is 2.41. The molecule has 3 N–H and O–H groups in total. The molecule has 4 heteroatoms. The Morgan fingerprint density at radius 1 is 1.22 bits per heavy atom. The van der Waals surface area contributed by atoms with E-state index in [0.29, 0.717) is 13.0 Å². The molecule has 1 heterocycles. The molecular formula is C14H22N2O2. The fraction of sp³-hybridized carbons (Fsp3) is 0.571. The molecule has 0 saturated carbocycles. The SMILES string of the molecule is N[C@H](Cc1ccccc1)[C@@H](O)CN1CCOCC1. The van der Waals surface area contributed by atoms with Crippen LogP contribution >= 0.6 is 0 Å². The van der Waals surface area contributed by atoms with Crippen molar-refractivity contribution < 1.29 is 9.84 Å². The summed E-state index contributed by atoms with van der Waals surface area (Å²) < 4.78 is 5.28. The van der Waals surface area contributed by atoms with E-state index in [4.69, 9.17) is 10.5 Å². The van der Waals surface area contributed by atoms with E-state index in [-0.39, 0.29) is 6.04 Å². The molecule has 100 valence electrons. The number of aliphatic hydroxyl groups excluding tert-OH is 1. The van der Waals surface area contributed by atoms with Gasteiger partial charge in [0.15, 0.2) is 0 Å². The second kappa shape index (κ2) is 6.85. The molecule has 0 aromatic heterocycles. The Morgan fingerprint density at radius 2 is 1.89 bits per heavy atom. The second-order valence-corrected chi connectivity index (χ2v) is 4.83. The molecule has 2 rings (SSSR count). The van der Waals surface area contributed by atoms with Gasteiger partial charge in [-0.2, -0.15) is 0 Å². The van der Waals surface area contributed by atoms with Crippen molar-refractivity contribution >= 4 is 0 Å². The molecular weight excluding hydrogens is 228 g/mol. The maximum Gasteiger partial charge on any atom is 0.0820 e. The number of morpholine rings is 1. The highest BCUT2D eigenvalue weighted by molar-refractivity contribution is 5.16. The minimum Gasteiger partial charge on any atom is -0.390 e. The molecule has 1 aromatic carbocycles. The molecule has 0 aliphatic carbocycles. The Labute approximate surface area is 108 Å². The van der Waals surface area contributed by atoms with E-state index in [1.54, 1.807) is 0 Å². The average molecular weight is 250 g/mol. The largest absolute Gasteiger partial charge is 0.390 e. The summed E-state index contributed by atoms with van der Waals surface area (Å²) in [6, 6.07) is 9.85. The molecule has 1 aliphatic heterocycles. The van der Waals surface area contributed by atoms with Gasteiger partial charge in [-0.05, 0) is 12.0 Å². The van der Waals surface area contributed by atoms with Crippen LogP contribution in [0.5, 0.6) is 0 Å². The summed E-state index contributed by atoms with van der Waals surface area (Å²) in [5, 5.41) is 10.1. The van der Waals surface area contributed by atoms with Gasteiger partial charge in [-0.3, -0.25) is 4.90 Å². The fourth-order valence-electron chi connectivity index (χ4n) is 2.21. The third-order valence-electron chi connectivity index (χ3n) is 3.36. The van der Waals surface area contributed by atoms with Crippen LogP contribution in [0.3, 0.4) is 0 Å². The first-order valence-electron chi connectivity index (χ1n) is 6.53. The van der Waals surface area contributed by atoms with Crippen LogP contribution in [0.4, 0.5) is 0 Å². The molecule has 4 nitrogen and oxygen atoms in total. The smallest absolute Gasteiger partial charge is 0.0820 e. The van der Waals surface area contributed by atoms with Crippen molar-refractivity contribution in [3.63, 3.8) is 0 Å². The van der Waals surface area contributed by atoms with Crippen LogP contribution in [0.2, 0.25) is 0 Å². The lowest BCUT2D eigenvalue weighted by atomic mass is 10.0. The minimum absolute atomic E-state index is 0.213. The summed E-state index contributed by atoms with van der Waals surface area (Å²) >= 11 is 0. The molecule has 2 atom stereocenters. The van der Waals surface area contributed by atoms with Gasteiger partial charge in [0.1, 0.15) is 0 Å². The second-order valence-electron chi connectivity index (χ2n) is 4.83. The Hall–Kier alpha value is -0.940. The molecule has 0 unspecified atom stereocenters. The van der Waals surface area contributed by atoms with Crippen molar-refractivity contribution in [3.05, 3.63) is 35.9 Å². The number of nitrogens with two attached hydrogens (primary N) is 1. The van der Waals surface area contributed by atoms with Gasteiger partial charge in [0.2, 0.25) is 0 Å². The van der Waals surface area contributed by atoms with Crippen LogP contribution in [0.1, 0.15) is 5.56 Å². The van der Waals surface area contributed by atoms with Gasteiger partial charge in [-0.1, -0.05) is 30.3 Å². The first-order valence-corrected chi connectivity index (χ1v) is 6.53. The third kappa shape index (κ3) is 4.07. The number of nitrogens with zero attached hydrogens (tertiary/aromatic N) is 1. The van der Waals surface area contributed by atoms with Crippen LogP contribution in [-0.4, -0.2) is 55.0 Å². The summed E-state index contributed by atoms with van der Waals surface area (Å²) in [6.45, 7) is 3.91. The van der Waals surface area contributed by atoms with Crippen LogP contribution in [-0.2, 0) is 11.2 Å². The quantitative estimate of drug-likeness (QED) is 0.786. The molecule has 1 aromatic rings. The Balaban J connectivity index is 1.79. The number of β-amino-alcohol motifs (C(OH)–C–C–N with tert-alkyl or cyclic N) is 1. The molecule has 1 fully saturated rings. The van der Waals surface area contributed by atoms with Crippen LogP contribution < -0.4 is 5.73 Å². The number of benzene rings is 1. The van der Waals surface area contributed by atoms with E-state index in [9.17, 15) is 5.11 Å². The van der Waals surface area contributed by atoms with Gasteiger partial charge in [0, 0.05) is 25.7 Å². The number of ether oxygens (including phenoxy) is 1. The van der Waals surface area contributed by atoms with Gasteiger partial charge in [0.05, 0.1) is 19.3 Å². The van der Waals surface area contributed by atoms with E-state index in [1.807, 2.05) is 30.3 Å². The van der Waals surface area contributed by atoms with Crippen molar-refractivity contribution in [2.75, 3.05) is 32.8 Å². The van der Waals surface area contributed by atoms with Gasteiger partial charge in [-0.15, -0.1) is 0 Å². The topological polar surface area (TPSA) is 58.7 Å². The normalized spacial score (nSPS) is 20.6. The monoisotopic (exact) mass is 250 g/mol. The third-order valence-corrected chi connectivity index (χ3v) is 3.36. The van der Waals surface area contributed by atoms with Crippen LogP contribution in [0.15, 0.2) is 30.3 Å². The van der Waals surface area contributed by atoms with E-state index in [1.165, 1.54) is 5.56 Å². The minimum atomic E-state index is -0.483. The van der Waals surface area contributed by atoms with Crippen molar-refractivity contribution in [2.45, 2.75) is 18.6 Å². The molecule has 1 saturated heterocycles. The zero-order valence-electron chi connectivity index (χ0n) is 10.7. The van der Waals surface area contributed by atoms with E-state index < -0.39 is 6.10 Å². The molecule has 0 bridgehead atoms. The van der Waals surface area contributed by atoms with Crippen LogP contribution in [0, 0.1) is 0 Å². The van der Waals surface area contributed by atoms with E-state index in [0.717, 1.165) is 26.3 Å². The number of aliphatic hydroxyl groups is 1. The predicted molar refractivity (Wildman–Crippen MR) is 71.4 cm³/mol. The number of hydrogen-bond acceptors (Lipinski definition) is 4. The van der Waals surface area contributed by atoms with Crippen molar-refractivity contribution in [2.24, 2.45) is 5.73 Å². The lowest BCUT2D eigenvalue weighted by molar-refractivity contribution is 0.00961.